The first-order valence-corrected chi connectivity index (χ1v) is 8.62. The predicted molar refractivity (Wildman–Crippen MR) is 100 cm³/mol. The van der Waals surface area contributed by atoms with Crippen molar-refractivity contribution in [3.8, 4) is 10.4 Å². The van der Waals surface area contributed by atoms with Gasteiger partial charge in [0.1, 0.15) is 0 Å². The molecule has 5 heteroatoms. The Morgan fingerprint density at radius 1 is 0.840 bits per heavy atom. The number of hydrogen-bond acceptors (Lipinski definition) is 3. The van der Waals surface area contributed by atoms with E-state index in [1.165, 1.54) is 17.4 Å². The highest BCUT2D eigenvalue weighted by molar-refractivity contribution is 7.13. The largest absolute Gasteiger partial charge is 0.478 e. The van der Waals surface area contributed by atoms with Crippen molar-refractivity contribution in [3.63, 3.8) is 0 Å². The maximum absolute atomic E-state index is 11.8. The Bertz CT molecular complexity index is 908. The highest BCUT2D eigenvalue weighted by Gasteiger charge is 2.22. The van der Waals surface area contributed by atoms with Gasteiger partial charge in [-0.3, -0.25) is 0 Å². The highest BCUT2D eigenvalue weighted by atomic mass is 32.1. The third-order valence-corrected chi connectivity index (χ3v) is 5.48. The van der Waals surface area contributed by atoms with E-state index in [2.05, 4.69) is 0 Å². The number of rotatable bonds is 3. The molecule has 130 valence electrons. The lowest BCUT2D eigenvalue weighted by Gasteiger charge is -2.12. The molecular formula is C20H20O4S. The zero-order chi connectivity index (χ0) is 18.7. The summed E-state index contributed by atoms with van der Waals surface area (Å²) < 4.78 is 0. The van der Waals surface area contributed by atoms with Gasteiger partial charge in [-0.2, -0.15) is 0 Å². The third-order valence-electron chi connectivity index (χ3n) is 4.42. The molecule has 0 saturated carbocycles. The lowest BCUT2D eigenvalue weighted by atomic mass is 9.95. The predicted octanol–water partition coefficient (Wildman–Crippen LogP) is 5.17. The van der Waals surface area contributed by atoms with Crippen LogP contribution in [0.3, 0.4) is 0 Å². The van der Waals surface area contributed by atoms with Crippen molar-refractivity contribution in [2.75, 3.05) is 0 Å². The van der Waals surface area contributed by atoms with E-state index < -0.39 is 11.9 Å². The van der Waals surface area contributed by atoms with Crippen LogP contribution in [0.5, 0.6) is 0 Å². The molecule has 1 aromatic heterocycles. The van der Waals surface area contributed by atoms with E-state index in [-0.39, 0.29) is 11.1 Å². The first-order valence-electron chi connectivity index (χ1n) is 7.74. The van der Waals surface area contributed by atoms with Crippen LogP contribution in [0.15, 0.2) is 35.7 Å². The molecule has 1 aromatic carbocycles. The summed E-state index contributed by atoms with van der Waals surface area (Å²) in [6, 6.07) is 8.49. The summed E-state index contributed by atoms with van der Waals surface area (Å²) in [6.07, 6.45) is 0. The van der Waals surface area contributed by atoms with Crippen LogP contribution in [-0.2, 0) is 0 Å². The fourth-order valence-corrected chi connectivity index (χ4v) is 3.59. The molecule has 0 fully saturated rings. The molecular weight excluding hydrogens is 336 g/mol. The van der Waals surface area contributed by atoms with Gasteiger partial charge in [-0.05, 0) is 61.4 Å². The third kappa shape index (κ3) is 3.72. The van der Waals surface area contributed by atoms with Gasteiger partial charge in [0.15, 0.2) is 0 Å². The van der Waals surface area contributed by atoms with Crippen molar-refractivity contribution in [1.82, 2.24) is 0 Å². The molecule has 0 aliphatic heterocycles. The number of carbonyl (C=O) groups is 2. The van der Waals surface area contributed by atoms with Crippen LogP contribution in [0.1, 0.15) is 43.0 Å². The zero-order valence-corrected chi connectivity index (χ0v) is 15.4. The smallest absolute Gasteiger partial charge is 0.337 e. The number of benzene rings is 1. The van der Waals surface area contributed by atoms with E-state index in [9.17, 15) is 19.8 Å². The zero-order valence-electron chi connectivity index (χ0n) is 14.6. The molecule has 2 rings (SSSR count). The maximum atomic E-state index is 11.8. The van der Waals surface area contributed by atoms with Gasteiger partial charge in [0.25, 0.3) is 0 Å². The van der Waals surface area contributed by atoms with Crippen molar-refractivity contribution in [3.05, 3.63) is 69.1 Å². The summed E-state index contributed by atoms with van der Waals surface area (Å²) in [5.41, 5.74) is 4.28. The SMILES string of the molecule is Cc1cccsc(-c2cccc(C(=O)O)c2C(=O)O)c(C)c(C)c1C. The highest BCUT2D eigenvalue weighted by Crippen LogP contribution is 2.33. The van der Waals surface area contributed by atoms with Gasteiger partial charge in [0.2, 0.25) is 0 Å². The minimum Gasteiger partial charge on any atom is -0.478 e. The van der Waals surface area contributed by atoms with Crippen molar-refractivity contribution in [2.45, 2.75) is 27.7 Å². The quantitative estimate of drug-likeness (QED) is 0.795. The summed E-state index contributed by atoms with van der Waals surface area (Å²) in [7, 11) is 0. The number of hydrogen-bond donors (Lipinski definition) is 2. The van der Waals surface area contributed by atoms with Gasteiger partial charge < -0.3 is 10.2 Å². The minimum atomic E-state index is -1.25. The normalized spacial score (nSPS) is 10.2. The first kappa shape index (κ1) is 18.7. The molecule has 0 spiro atoms. The summed E-state index contributed by atoms with van der Waals surface area (Å²) in [5, 5.41) is 20.9. The van der Waals surface area contributed by atoms with Crippen molar-refractivity contribution < 1.29 is 19.8 Å². The Hall–Kier alpha value is -2.66. The Labute approximate surface area is 150 Å². The lowest BCUT2D eigenvalue weighted by Crippen LogP contribution is -2.09. The van der Waals surface area contributed by atoms with Gasteiger partial charge in [0, 0.05) is 10.4 Å². The fraction of sp³-hybridized carbons (Fsp3) is 0.200. The van der Waals surface area contributed by atoms with Crippen LogP contribution >= 0.6 is 11.3 Å². The van der Waals surface area contributed by atoms with Crippen LogP contribution in [0.2, 0.25) is 0 Å². The number of aryl methyl sites for hydroxylation is 1. The van der Waals surface area contributed by atoms with Gasteiger partial charge in [-0.1, -0.05) is 24.3 Å². The van der Waals surface area contributed by atoms with E-state index in [1.54, 1.807) is 12.1 Å². The molecule has 0 radical (unpaired) electrons. The van der Waals surface area contributed by atoms with E-state index in [0.29, 0.717) is 5.56 Å². The van der Waals surface area contributed by atoms with Crippen molar-refractivity contribution in [1.29, 1.82) is 0 Å². The number of aromatic carboxylic acids is 2. The summed E-state index contributed by atoms with van der Waals surface area (Å²) in [4.78, 5) is 24.0. The average Bonchev–Trinajstić information content (AvgIpc) is 2.62. The van der Waals surface area contributed by atoms with Gasteiger partial charge in [-0.25, -0.2) is 9.59 Å². The molecule has 0 bridgehead atoms. The topological polar surface area (TPSA) is 74.6 Å². The van der Waals surface area contributed by atoms with Crippen molar-refractivity contribution in [2.24, 2.45) is 0 Å². The number of carboxylic acid groups (broad SMARTS) is 2. The Balaban J connectivity index is 2.98. The first-order chi connectivity index (χ1) is 11.8. The number of carboxylic acids is 2. The maximum Gasteiger partial charge on any atom is 0.337 e. The second kappa shape index (κ2) is 7.49. The molecule has 0 amide bonds. The monoisotopic (exact) mass is 356 g/mol. The van der Waals surface area contributed by atoms with Crippen LogP contribution in [0.4, 0.5) is 0 Å². The Kier molecular flexibility index (Phi) is 5.59. The lowest BCUT2D eigenvalue weighted by molar-refractivity contribution is 0.0652. The second-order valence-electron chi connectivity index (χ2n) is 5.84. The van der Waals surface area contributed by atoms with Gasteiger partial charge in [-0.15, -0.1) is 11.3 Å². The standard InChI is InChI=1S/C20H20O4S/c1-11-7-6-10-25-18(14(4)13(3)12(11)2)15-8-5-9-16(19(21)22)17(15)20(23)24/h5-10H,1-4H3,(H,21,22)(H,23,24). The van der Waals surface area contributed by atoms with E-state index in [1.807, 2.05) is 45.2 Å². The Morgan fingerprint density at radius 2 is 1.52 bits per heavy atom. The van der Waals surface area contributed by atoms with E-state index in [0.717, 1.165) is 27.1 Å². The Morgan fingerprint density at radius 3 is 2.12 bits per heavy atom. The van der Waals surface area contributed by atoms with Gasteiger partial charge in [0.05, 0.1) is 11.1 Å². The molecule has 2 N–H and O–H groups in total. The van der Waals surface area contributed by atoms with E-state index >= 15 is 0 Å². The van der Waals surface area contributed by atoms with Crippen LogP contribution < -0.4 is 0 Å². The van der Waals surface area contributed by atoms with Crippen molar-refractivity contribution >= 4 is 23.3 Å². The van der Waals surface area contributed by atoms with Crippen LogP contribution in [-0.4, -0.2) is 22.2 Å². The summed E-state index contributed by atoms with van der Waals surface area (Å²) >= 11 is 1.40. The molecule has 0 atom stereocenters. The summed E-state index contributed by atoms with van der Waals surface area (Å²) in [5.74, 6) is -2.49. The average molecular weight is 356 g/mol. The van der Waals surface area contributed by atoms with Crippen LogP contribution in [0, 0.1) is 27.7 Å². The molecule has 0 aliphatic rings. The van der Waals surface area contributed by atoms with E-state index in [4.69, 9.17) is 0 Å². The molecule has 2 aromatic rings. The fourth-order valence-electron chi connectivity index (χ4n) is 2.67. The van der Waals surface area contributed by atoms with Gasteiger partial charge >= 0.3 is 11.9 Å². The molecule has 25 heavy (non-hydrogen) atoms. The molecule has 4 nitrogen and oxygen atoms in total. The molecule has 0 aliphatic carbocycles. The molecule has 0 saturated heterocycles. The minimum absolute atomic E-state index is 0.181. The summed E-state index contributed by atoms with van der Waals surface area (Å²) in [6.45, 7) is 7.99. The molecule has 0 unspecified atom stereocenters. The van der Waals surface area contributed by atoms with Crippen LogP contribution in [0.25, 0.3) is 10.4 Å². The molecule has 1 heterocycles. The second-order valence-corrected chi connectivity index (χ2v) is 6.75.